The van der Waals surface area contributed by atoms with Crippen LogP contribution in [-0.4, -0.2) is 29.0 Å². The monoisotopic (exact) mass is 269 g/mol. The fourth-order valence-electron chi connectivity index (χ4n) is 1.80. The predicted octanol–water partition coefficient (Wildman–Crippen LogP) is 3.79. The first kappa shape index (κ1) is 15.3. The summed E-state index contributed by atoms with van der Waals surface area (Å²) < 4.78 is 0. The lowest BCUT2D eigenvalue weighted by Gasteiger charge is -2.24. The van der Waals surface area contributed by atoms with Crippen molar-refractivity contribution in [2.45, 2.75) is 46.7 Å². The highest BCUT2D eigenvalue weighted by Gasteiger charge is 2.11. The van der Waals surface area contributed by atoms with Crippen LogP contribution in [0.15, 0.2) is 12.1 Å². The lowest BCUT2D eigenvalue weighted by atomic mass is 10.2. The van der Waals surface area contributed by atoms with Gasteiger partial charge in [-0.25, -0.2) is 4.98 Å². The van der Waals surface area contributed by atoms with Crippen LogP contribution in [-0.2, 0) is 6.54 Å². The van der Waals surface area contributed by atoms with Gasteiger partial charge in [-0.05, 0) is 38.9 Å². The second-order valence-corrected chi connectivity index (χ2v) is 5.12. The minimum Gasteiger partial charge on any atom is -0.370 e. The van der Waals surface area contributed by atoms with Gasteiger partial charge in [-0.15, -0.1) is 0 Å². The minimum atomic E-state index is 0.500. The lowest BCUT2D eigenvalue weighted by Crippen LogP contribution is -2.30. The maximum absolute atomic E-state index is 6.22. The van der Waals surface area contributed by atoms with E-state index < -0.39 is 0 Å². The molecule has 0 saturated heterocycles. The molecule has 3 nitrogen and oxygen atoms in total. The van der Waals surface area contributed by atoms with Gasteiger partial charge in [0.25, 0.3) is 0 Å². The topological polar surface area (TPSA) is 28.2 Å². The quantitative estimate of drug-likeness (QED) is 0.816. The summed E-state index contributed by atoms with van der Waals surface area (Å²) in [6, 6.07) is 4.36. The van der Waals surface area contributed by atoms with Gasteiger partial charge in [0.2, 0.25) is 0 Å². The summed E-state index contributed by atoms with van der Waals surface area (Å²) in [6.07, 6.45) is 1.09. The summed E-state index contributed by atoms with van der Waals surface area (Å²) in [5, 5.41) is 4.04. The van der Waals surface area contributed by atoms with Crippen molar-refractivity contribution >= 4 is 17.4 Å². The SMILES string of the molecule is CCCNc1ccc(Cl)c(CN(CC)C(C)C)n1. The molecule has 0 amide bonds. The Morgan fingerprint density at radius 1 is 1.33 bits per heavy atom. The number of nitrogens with zero attached hydrogens (tertiary/aromatic N) is 2. The molecule has 0 aromatic carbocycles. The number of hydrogen-bond donors (Lipinski definition) is 1. The molecule has 18 heavy (non-hydrogen) atoms. The highest BCUT2D eigenvalue weighted by atomic mass is 35.5. The molecule has 102 valence electrons. The van der Waals surface area contributed by atoms with E-state index in [0.29, 0.717) is 6.04 Å². The van der Waals surface area contributed by atoms with Crippen LogP contribution in [0.2, 0.25) is 5.02 Å². The van der Waals surface area contributed by atoms with Crippen LogP contribution >= 0.6 is 11.6 Å². The Labute approximate surface area is 116 Å². The second kappa shape index (κ2) is 7.59. The van der Waals surface area contributed by atoms with E-state index in [0.717, 1.165) is 42.6 Å². The van der Waals surface area contributed by atoms with Crippen molar-refractivity contribution in [1.29, 1.82) is 0 Å². The number of halogens is 1. The molecule has 0 saturated carbocycles. The van der Waals surface area contributed by atoms with Gasteiger partial charge in [-0.3, -0.25) is 4.90 Å². The Morgan fingerprint density at radius 2 is 2.06 bits per heavy atom. The summed E-state index contributed by atoms with van der Waals surface area (Å²) in [5.74, 6) is 0.913. The summed E-state index contributed by atoms with van der Waals surface area (Å²) in [4.78, 5) is 6.94. The fraction of sp³-hybridized carbons (Fsp3) is 0.643. The van der Waals surface area contributed by atoms with Gasteiger partial charge in [0.15, 0.2) is 0 Å². The molecule has 0 spiro atoms. The van der Waals surface area contributed by atoms with Gasteiger partial charge >= 0.3 is 0 Å². The van der Waals surface area contributed by atoms with Crippen LogP contribution in [0.4, 0.5) is 5.82 Å². The van der Waals surface area contributed by atoms with Gasteiger partial charge < -0.3 is 5.32 Å². The molecule has 0 fully saturated rings. The first-order valence-corrected chi connectivity index (χ1v) is 7.09. The van der Waals surface area contributed by atoms with Gasteiger partial charge in [-0.2, -0.15) is 0 Å². The van der Waals surface area contributed by atoms with E-state index in [-0.39, 0.29) is 0 Å². The van der Waals surface area contributed by atoms with Crippen LogP contribution < -0.4 is 5.32 Å². The maximum atomic E-state index is 6.22. The first-order valence-electron chi connectivity index (χ1n) is 6.71. The Bertz CT molecular complexity index is 366. The average Bonchev–Trinajstić information content (AvgIpc) is 2.35. The van der Waals surface area contributed by atoms with E-state index in [1.165, 1.54) is 0 Å². The smallest absolute Gasteiger partial charge is 0.126 e. The normalized spacial score (nSPS) is 11.3. The molecular weight excluding hydrogens is 246 g/mol. The van der Waals surface area contributed by atoms with E-state index in [1.807, 2.05) is 12.1 Å². The Kier molecular flexibility index (Phi) is 6.44. The van der Waals surface area contributed by atoms with E-state index in [9.17, 15) is 0 Å². The van der Waals surface area contributed by atoms with Crippen LogP contribution in [0.3, 0.4) is 0 Å². The Hall–Kier alpha value is -0.800. The highest BCUT2D eigenvalue weighted by molar-refractivity contribution is 6.31. The van der Waals surface area contributed by atoms with Crippen LogP contribution in [0.5, 0.6) is 0 Å². The summed E-state index contributed by atoms with van der Waals surface area (Å²) in [7, 11) is 0. The van der Waals surface area contributed by atoms with Crippen molar-refractivity contribution < 1.29 is 0 Å². The van der Waals surface area contributed by atoms with Gasteiger partial charge in [0.1, 0.15) is 5.82 Å². The molecule has 0 aliphatic heterocycles. The molecule has 0 atom stereocenters. The van der Waals surface area contributed by atoms with Crippen molar-refractivity contribution in [1.82, 2.24) is 9.88 Å². The van der Waals surface area contributed by atoms with Crippen LogP contribution in [0, 0.1) is 0 Å². The standard InChI is InChI=1S/C14H24ClN3/c1-5-9-16-14-8-7-12(15)13(17-14)10-18(6-2)11(3)4/h7-8,11H,5-6,9-10H2,1-4H3,(H,16,17). The predicted molar refractivity (Wildman–Crippen MR) is 79.2 cm³/mol. The maximum Gasteiger partial charge on any atom is 0.126 e. The third-order valence-electron chi connectivity index (χ3n) is 2.96. The fourth-order valence-corrected chi connectivity index (χ4v) is 1.96. The molecule has 0 unspecified atom stereocenters. The summed E-state index contributed by atoms with van der Waals surface area (Å²) in [5.41, 5.74) is 0.952. The zero-order valence-corrected chi connectivity index (χ0v) is 12.6. The molecular formula is C14H24ClN3. The van der Waals surface area contributed by atoms with Crippen molar-refractivity contribution in [3.05, 3.63) is 22.8 Å². The number of hydrogen-bond acceptors (Lipinski definition) is 3. The summed E-state index contributed by atoms with van der Waals surface area (Å²) >= 11 is 6.22. The molecule has 1 aromatic heterocycles. The van der Waals surface area contributed by atoms with Crippen molar-refractivity contribution in [2.75, 3.05) is 18.4 Å². The molecule has 1 N–H and O–H groups in total. The Balaban J connectivity index is 2.79. The third kappa shape index (κ3) is 4.46. The molecule has 0 aliphatic rings. The highest BCUT2D eigenvalue weighted by Crippen LogP contribution is 2.19. The van der Waals surface area contributed by atoms with Crippen LogP contribution in [0.1, 0.15) is 39.8 Å². The molecule has 0 radical (unpaired) electrons. The number of nitrogens with one attached hydrogen (secondary N) is 1. The minimum absolute atomic E-state index is 0.500. The van der Waals surface area contributed by atoms with E-state index in [4.69, 9.17) is 11.6 Å². The number of anilines is 1. The first-order chi connectivity index (χ1) is 8.58. The molecule has 4 heteroatoms. The van der Waals surface area contributed by atoms with Crippen molar-refractivity contribution in [2.24, 2.45) is 0 Å². The van der Waals surface area contributed by atoms with Gasteiger partial charge in [-0.1, -0.05) is 25.4 Å². The third-order valence-corrected chi connectivity index (χ3v) is 3.31. The van der Waals surface area contributed by atoms with Gasteiger partial charge in [0.05, 0.1) is 10.7 Å². The van der Waals surface area contributed by atoms with E-state index in [1.54, 1.807) is 0 Å². The largest absolute Gasteiger partial charge is 0.370 e. The number of rotatable bonds is 7. The van der Waals surface area contributed by atoms with Crippen LogP contribution in [0.25, 0.3) is 0 Å². The molecule has 1 rings (SSSR count). The number of aromatic nitrogens is 1. The summed E-state index contributed by atoms with van der Waals surface area (Å²) in [6.45, 7) is 11.4. The number of pyridine rings is 1. The molecule has 0 aliphatic carbocycles. The molecule has 1 heterocycles. The van der Waals surface area contributed by atoms with E-state index >= 15 is 0 Å². The molecule has 0 bridgehead atoms. The zero-order valence-electron chi connectivity index (χ0n) is 11.8. The van der Waals surface area contributed by atoms with Crippen molar-refractivity contribution in [3.63, 3.8) is 0 Å². The van der Waals surface area contributed by atoms with E-state index in [2.05, 4.69) is 42.9 Å². The lowest BCUT2D eigenvalue weighted by molar-refractivity contribution is 0.222. The van der Waals surface area contributed by atoms with Gasteiger partial charge in [0, 0.05) is 19.1 Å². The second-order valence-electron chi connectivity index (χ2n) is 4.71. The zero-order chi connectivity index (χ0) is 13.5. The average molecular weight is 270 g/mol. The Morgan fingerprint density at radius 3 is 2.61 bits per heavy atom. The molecule has 1 aromatic rings. The van der Waals surface area contributed by atoms with Crippen molar-refractivity contribution in [3.8, 4) is 0 Å².